The molecule has 0 fully saturated rings. The fourth-order valence-electron chi connectivity index (χ4n) is 3.61. The first kappa shape index (κ1) is 18.7. The summed E-state index contributed by atoms with van der Waals surface area (Å²) in [6.45, 7) is -0.329. The van der Waals surface area contributed by atoms with Crippen LogP contribution in [0, 0.1) is 0 Å². The number of carboxylic acids is 1. The normalized spacial score (nSPS) is 13.9. The molecule has 1 aliphatic carbocycles. The first-order chi connectivity index (χ1) is 14.0. The van der Waals surface area contributed by atoms with Gasteiger partial charge in [-0.05, 0) is 35.7 Å². The van der Waals surface area contributed by atoms with Gasteiger partial charge in [0.05, 0.1) is 0 Å². The van der Waals surface area contributed by atoms with E-state index in [0.717, 1.165) is 28.5 Å². The predicted molar refractivity (Wildman–Crippen MR) is 106 cm³/mol. The number of carbonyl (C=O) groups is 3. The highest BCUT2D eigenvalue weighted by molar-refractivity contribution is 6.00. The fourth-order valence-corrected chi connectivity index (χ4v) is 3.61. The molecule has 0 saturated heterocycles. The zero-order valence-electron chi connectivity index (χ0n) is 15.6. The Hall–Kier alpha value is -3.61. The Kier molecular flexibility index (Phi) is 5.03. The summed E-state index contributed by atoms with van der Waals surface area (Å²) >= 11 is 0. The van der Waals surface area contributed by atoms with E-state index in [2.05, 4.69) is 10.3 Å². The Labute approximate surface area is 166 Å². The first-order valence-corrected chi connectivity index (χ1v) is 9.37. The van der Waals surface area contributed by atoms with Gasteiger partial charge in [-0.15, -0.1) is 0 Å². The van der Waals surface area contributed by atoms with Crippen molar-refractivity contribution < 1.29 is 24.2 Å². The molecular formula is C22H20N2O5. The van der Waals surface area contributed by atoms with Gasteiger partial charge in [0.15, 0.2) is 12.4 Å². The molecule has 1 aliphatic rings. The van der Waals surface area contributed by atoms with E-state index >= 15 is 0 Å². The van der Waals surface area contributed by atoms with E-state index in [9.17, 15) is 19.5 Å². The third-order valence-electron chi connectivity index (χ3n) is 5.11. The highest BCUT2D eigenvalue weighted by Crippen LogP contribution is 2.26. The summed E-state index contributed by atoms with van der Waals surface area (Å²) in [5, 5.41) is 12.9. The van der Waals surface area contributed by atoms with Gasteiger partial charge < -0.3 is 20.1 Å². The summed E-state index contributed by atoms with van der Waals surface area (Å²) in [5.74, 6) is -1.17. The number of carboxylic acid groups (broad SMARTS) is 1. The summed E-state index contributed by atoms with van der Waals surface area (Å²) in [5.41, 5.74) is 3.33. The molecule has 0 radical (unpaired) electrons. The van der Waals surface area contributed by atoms with Crippen molar-refractivity contribution in [3.8, 4) is 5.75 Å². The Morgan fingerprint density at radius 3 is 2.83 bits per heavy atom. The Morgan fingerprint density at radius 2 is 2.00 bits per heavy atom. The van der Waals surface area contributed by atoms with Crippen molar-refractivity contribution in [2.45, 2.75) is 25.3 Å². The third kappa shape index (κ3) is 3.99. The van der Waals surface area contributed by atoms with Crippen LogP contribution in [0.5, 0.6) is 5.75 Å². The monoisotopic (exact) mass is 392 g/mol. The molecule has 148 valence electrons. The van der Waals surface area contributed by atoms with Crippen LogP contribution >= 0.6 is 0 Å². The number of hydrogen-bond acceptors (Lipinski definition) is 4. The average Bonchev–Trinajstić information content (AvgIpc) is 3.29. The highest BCUT2D eigenvalue weighted by Gasteiger charge is 2.23. The van der Waals surface area contributed by atoms with E-state index in [1.807, 2.05) is 30.3 Å². The summed E-state index contributed by atoms with van der Waals surface area (Å²) in [6, 6.07) is 11.7. The number of amides is 1. The van der Waals surface area contributed by atoms with Gasteiger partial charge in [-0.3, -0.25) is 9.59 Å². The molecule has 1 heterocycles. The van der Waals surface area contributed by atoms with Crippen molar-refractivity contribution in [2.75, 3.05) is 6.61 Å². The van der Waals surface area contributed by atoms with Gasteiger partial charge in [-0.1, -0.05) is 24.3 Å². The third-order valence-corrected chi connectivity index (χ3v) is 5.11. The molecule has 1 atom stereocenters. The SMILES string of the molecule is O=C(COc1ccc2c(c1)C(=O)CC2)N[C@@H](Cc1c[nH]c2ccccc12)C(=O)O. The molecule has 0 aliphatic heterocycles. The molecule has 0 bridgehead atoms. The van der Waals surface area contributed by atoms with Crippen molar-refractivity contribution in [2.24, 2.45) is 0 Å². The molecule has 0 saturated carbocycles. The maximum atomic E-state index is 12.2. The molecule has 0 spiro atoms. The number of nitrogens with one attached hydrogen (secondary N) is 2. The highest BCUT2D eigenvalue weighted by atomic mass is 16.5. The number of fused-ring (bicyclic) bond motifs is 2. The molecule has 2 aromatic carbocycles. The number of rotatable bonds is 7. The number of ketones is 1. The van der Waals surface area contributed by atoms with E-state index in [1.54, 1.807) is 18.3 Å². The minimum Gasteiger partial charge on any atom is -0.484 e. The van der Waals surface area contributed by atoms with Crippen molar-refractivity contribution >= 4 is 28.6 Å². The number of ether oxygens (including phenoxy) is 1. The lowest BCUT2D eigenvalue weighted by atomic mass is 10.1. The molecule has 7 nitrogen and oxygen atoms in total. The number of Topliss-reactive ketones (excluding diaryl/α,β-unsaturated/α-hetero) is 1. The van der Waals surface area contributed by atoms with Gasteiger partial charge in [-0.2, -0.15) is 0 Å². The van der Waals surface area contributed by atoms with Gasteiger partial charge in [0.25, 0.3) is 5.91 Å². The lowest BCUT2D eigenvalue weighted by Crippen LogP contribution is -2.44. The quantitative estimate of drug-likeness (QED) is 0.572. The number of aromatic amines is 1. The van der Waals surface area contributed by atoms with Gasteiger partial charge in [0, 0.05) is 35.5 Å². The number of hydrogen-bond donors (Lipinski definition) is 3. The molecule has 4 rings (SSSR count). The van der Waals surface area contributed by atoms with Crippen molar-refractivity contribution in [1.82, 2.24) is 10.3 Å². The zero-order chi connectivity index (χ0) is 20.4. The maximum absolute atomic E-state index is 12.2. The molecule has 7 heteroatoms. The number of H-pyrrole nitrogens is 1. The number of aromatic nitrogens is 1. The molecule has 29 heavy (non-hydrogen) atoms. The van der Waals surface area contributed by atoms with Gasteiger partial charge in [-0.25, -0.2) is 4.79 Å². The zero-order valence-corrected chi connectivity index (χ0v) is 15.6. The minimum absolute atomic E-state index is 0.0690. The lowest BCUT2D eigenvalue weighted by molar-refractivity contribution is -0.142. The van der Waals surface area contributed by atoms with Crippen LogP contribution < -0.4 is 10.1 Å². The summed E-state index contributed by atoms with van der Waals surface area (Å²) in [6.07, 6.45) is 3.12. The molecule has 1 amide bonds. The van der Waals surface area contributed by atoms with Gasteiger partial charge >= 0.3 is 5.97 Å². The summed E-state index contributed by atoms with van der Waals surface area (Å²) < 4.78 is 5.46. The van der Waals surface area contributed by atoms with Crippen molar-refractivity contribution in [3.63, 3.8) is 0 Å². The van der Waals surface area contributed by atoms with Crippen LogP contribution in [-0.2, 0) is 22.4 Å². The summed E-state index contributed by atoms with van der Waals surface area (Å²) in [7, 11) is 0. The minimum atomic E-state index is -1.12. The van der Waals surface area contributed by atoms with Crippen molar-refractivity contribution in [1.29, 1.82) is 0 Å². The Bertz CT molecular complexity index is 1100. The van der Waals surface area contributed by atoms with Crippen LogP contribution in [0.25, 0.3) is 10.9 Å². The van der Waals surface area contributed by atoms with Crippen LogP contribution in [0.15, 0.2) is 48.7 Å². The number of carbonyl (C=O) groups excluding carboxylic acids is 2. The van der Waals surface area contributed by atoms with E-state index in [-0.39, 0.29) is 18.8 Å². The van der Waals surface area contributed by atoms with E-state index in [0.29, 0.717) is 17.7 Å². The smallest absolute Gasteiger partial charge is 0.326 e. The van der Waals surface area contributed by atoms with Crippen LogP contribution in [0.1, 0.15) is 27.9 Å². The molecule has 0 unspecified atom stereocenters. The van der Waals surface area contributed by atoms with Crippen LogP contribution in [-0.4, -0.2) is 40.4 Å². The van der Waals surface area contributed by atoms with E-state index in [4.69, 9.17) is 4.74 Å². The second-order valence-electron chi connectivity index (χ2n) is 7.05. The molecular weight excluding hydrogens is 372 g/mol. The number of benzene rings is 2. The average molecular weight is 392 g/mol. The maximum Gasteiger partial charge on any atom is 0.326 e. The van der Waals surface area contributed by atoms with Crippen LogP contribution in [0.4, 0.5) is 0 Å². The second kappa shape index (κ2) is 7.79. The summed E-state index contributed by atoms with van der Waals surface area (Å²) in [4.78, 5) is 38.8. The number of aryl methyl sites for hydroxylation is 1. The second-order valence-corrected chi connectivity index (χ2v) is 7.05. The van der Waals surface area contributed by atoms with E-state index < -0.39 is 17.9 Å². The van der Waals surface area contributed by atoms with Crippen LogP contribution in [0.2, 0.25) is 0 Å². The van der Waals surface area contributed by atoms with Crippen LogP contribution in [0.3, 0.4) is 0 Å². The molecule has 1 aromatic heterocycles. The Balaban J connectivity index is 1.38. The Morgan fingerprint density at radius 1 is 1.17 bits per heavy atom. The molecule has 3 N–H and O–H groups in total. The standard InChI is InChI=1S/C22H20N2O5/c25-20-8-6-13-5-7-15(10-17(13)20)29-12-21(26)24-19(22(27)28)9-14-11-23-18-4-2-1-3-16(14)18/h1-5,7,10-11,19,23H,6,8-9,12H2,(H,24,26)(H,27,28)/t19-/m0/s1. The fraction of sp³-hybridized carbons (Fsp3) is 0.227. The largest absolute Gasteiger partial charge is 0.484 e. The topological polar surface area (TPSA) is 108 Å². The predicted octanol–water partition coefficient (Wildman–Crippen LogP) is 2.49. The van der Waals surface area contributed by atoms with Gasteiger partial charge in [0.1, 0.15) is 11.8 Å². The van der Waals surface area contributed by atoms with Gasteiger partial charge in [0.2, 0.25) is 0 Å². The number of para-hydroxylation sites is 1. The van der Waals surface area contributed by atoms with E-state index in [1.165, 1.54) is 0 Å². The molecule has 3 aromatic rings. The first-order valence-electron chi connectivity index (χ1n) is 9.37. The van der Waals surface area contributed by atoms with Crippen molar-refractivity contribution in [3.05, 3.63) is 65.4 Å². The lowest BCUT2D eigenvalue weighted by Gasteiger charge is -2.15. The number of aliphatic carboxylic acids is 1.